The minimum Gasteiger partial charge on any atom is -0.507 e. The molecular weight excluding hydrogens is 839 g/mol. The molecule has 3 atom stereocenters. The van der Waals surface area contributed by atoms with Crippen LogP contribution in [0, 0.1) is 13.8 Å². The number of rotatable bonds is 13. The van der Waals surface area contributed by atoms with E-state index >= 15 is 0 Å². The molecule has 1 fully saturated rings. The molecule has 2 aliphatic heterocycles. The topological polar surface area (TPSA) is 165 Å². The maximum atomic E-state index is 14.2. The van der Waals surface area contributed by atoms with Crippen molar-refractivity contribution >= 4 is 70.0 Å². The number of aromatic hydroxyl groups is 1. The number of fused-ring (bicyclic) bond motifs is 1. The van der Waals surface area contributed by atoms with Crippen molar-refractivity contribution in [1.29, 1.82) is 0 Å². The van der Waals surface area contributed by atoms with Crippen molar-refractivity contribution in [3.05, 3.63) is 127 Å². The van der Waals surface area contributed by atoms with Crippen LogP contribution in [0.3, 0.4) is 0 Å². The van der Waals surface area contributed by atoms with Gasteiger partial charge in [-0.25, -0.2) is 0 Å². The number of benzene rings is 4. The highest BCUT2D eigenvalue weighted by Crippen LogP contribution is 2.32. The number of anilines is 1. The maximum absolute atomic E-state index is 14.2. The van der Waals surface area contributed by atoms with E-state index in [2.05, 4.69) is 10.6 Å². The van der Waals surface area contributed by atoms with Gasteiger partial charge in [0.15, 0.2) is 0 Å². The van der Waals surface area contributed by atoms with Gasteiger partial charge in [0.2, 0.25) is 29.5 Å². The number of nitrogens with one attached hydrogen (secondary N) is 2. The van der Waals surface area contributed by atoms with Crippen LogP contribution in [0.4, 0.5) is 5.69 Å². The number of nitrogens with zero attached hydrogens (tertiary/aromatic N) is 3. The number of likely N-dealkylation sites (tertiary alicyclic amines) is 1. The normalized spacial score (nSPS) is 16.3. The molecule has 15 heteroatoms. The fourth-order valence-corrected chi connectivity index (χ4v) is 8.64. The van der Waals surface area contributed by atoms with Gasteiger partial charge in [0.05, 0.1) is 22.6 Å². The molecule has 6 rings (SSSR count). The quantitative estimate of drug-likeness (QED) is 0.127. The number of aryl methyl sites for hydroxylation is 2. The Labute approximate surface area is 371 Å². The number of hydrogen-bond acceptors (Lipinski definition) is 7. The molecule has 5 amide bonds. The van der Waals surface area contributed by atoms with Crippen molar-refractivity contribution in [3.8, 4) is 5.75 Å². The summed E-state index contributed by atoms with van der Waals surface area (Å²) in [6.07, 6.45) is 1.85. The van der Waals surface area contributed by atoms with Crippen LogP contribution >= 0.6 is 34.8 Å². The third kappa shape index (κ3) is 11.0. The van der Waals surface area contributed by atoms with Crippen LogP contribution in [0.1, 0.15) is 59.6 Å². The van der Waals surface area contributed by atoms with Gasteiger partial charge in [0.25, 0.3) is 0 Å². The van der Waals surface area contributed by atoms with E-state index in [1.807, 2.05) is 24.3 Å². The molecule has 4 aromatic rings. The number of phenolic OH excluding ortho intramolecular Hbond substituents is 1. The Bertz CT molecular complexity index is 2260. The first-order chi connectivity index (χ1) is 29.1. The smallest absolute Gasteiger partial charge is 0.245 e. The molecule has 0 aliphatic carbocycles. The first-order valence-electron chi connectivity index (χ1n) is 20.4. The van der Waals surface area contributed by atoms with Crippen LogP contribution in [0.25, 0.3) is 0 Å². The van der Waals surface area contributed by atoms with Gasteiger partial charge >= 0.3 is 0 Å². The Hall–Kier alpha value is -5.14. The van der Waals surface area contributed by atoms with Gasteiger partial charge < -0.3 is 36.2 Å². The molecule has 322 valence electrons. The molecule has 0 bridgehead atoms. The van der Waals surface area contributed by atoms with E-state index in [0.717, 1.165) is 22.3 Å². The van der Waals surface area contributed by atoms with E-state index in [1.165, 1.54) is 4.90 Å². The second-order valence-corrected chi connectivity index (χ2v) is 17.0. The highest BCUT2D eigenvalue weighted by atomic mass is 35.5. The number of carbonyl (C=O) groups excluding carboxylic acids is 5. The fraction of sp³-hybridized carbons (Fsp3) is 0.370. The standard InChI is InChI=1S/C46H51Cl3N6O6/c1-4-42(57)55(35-13-14-36(48)37(49)24-35)34-15-17-53(18-16-34)46(61)39(22-29-9-11-33(47)12-10-29)52-41(56)25-51-44(59)40-23-31-7-5-6-8-32(31)26-54(40)45(60)38(50)21-30-19-27(2)43(58)28(3)20-30/h5-14,19-20,24,34,38-40,58H,4,15-18,21-23,25-26,50H2,1-3H3,(H,51,59)(H,52,56)/t38-,39-,40+/m0/s1. The monoisotopic (exact) mass is 888 g/mol. The summed E-state index contributed by atoms with van der Waals surface area (Å²) < 4.78 is 0. The number of halogens is 3. The molecule has 0 unspecified atom stereocenters. The molecule has 61 heavy (non-hydrogen) atoms. The van der Waals surface area contributed by atoms with Crippen molar-refractivity contribution in [2.75, 3.05) is 24.5 Å². The first kappa shape index (κ1) is 45.4. The van der Waals surface area contributed by atoms with Gasteiger partial charge in [0, 0.05) is 55.6 Å². The van der Waals surface area contributed by atoms with Crippen molar-refractivity contribution in [2.24, 2.45) is 5.73 Å². The zero-order chi connectivity index (χ0) is 44.0. The zero-order valence-electron chi connectivity index (χ0n) is 34.4. The lowest BCUT2D eigenvalue weighted by atomic mass is 9.92. The molecule has 12 nitrogen and oxygen atoms in total. The fourth-order valence-electron chi connectivity index (χ4n) is 8.22. The number of carbonyl (C=O) groups is 5. The first-order valence-corrected chi connectivity index (χ1v) is 21.6. The highest BCUT2D eigenvalue weighted by molar-refractivity contribution is 6.42. The Morgan fingerprint density at radius 2 is 1.49 bits per heavy atom. The molecule has 0 saturated carbocycles. The minimum atomic E-state index is -0.976. The molecule has 2 heterocycles. The zero-order valence-corrected chi connectivity index (χ0v) is 36.7. The Morgan fingerprint density at radius 1 is 0.836 bits per heavy atom. The Morgan fingerprint density at radius 3 is 2.13 bits per heavy atom. The number of nitrogens with two attached hydrogens (primary N) is 1. The SMILES string of the molecule is CCC(=O)N(c1ccc(Cl)c(Cl)c1)C1CCN(C(=O)[C@H](Cc2ccc(Cl)cc2)NC(=O)CNC(=O)[C@H]2Cc3ccccc3CN2C(=O)[C@@H](N)Cc2cc(C)c(O)c(C)c2)CC1. The minimum absolute atomic E-state index is 0.0786. The summed E-state index contributed by atoms with van der Waals surface area (Å²) in [5, 5.41) is 17.1. The number of phenols is 1. The van der Waals surface area contributed by atoms with Crippen LogP contribution in [-0.2, 0) is 49.8 Å². The molecule has 0 radical (unpaired) electrons. The lowest BCUT2D eigenvalue weighted by molar-refractivity contribution is -0.143. The summed E-state index contributed by atoms with van der Waals surface area (Å²) in [6, 6.07) is 20.1. The second-order valence-electron chi connectivity index (χ2n) is 15.8. The van der Waals surface area contributed by atoms with Crippen LogP contribution in [0.2, 0.25) is 15.1 Å². The maximum Gasteiger partial charge on any atom is 0.245 e. The number of piperidine rings is 1. The predicted octanol–water partition coefficient (Wildman–Crippen LogP) is 6.07. The Kier molecular flexibility index (Phi) is 15.0. The average Bonchev–Trinajstić information content (AvgIpc) is 3.25. The third-order valence-electron chi connectivity index (χ3n) is 11.5. The summed E-state index contributed by atoms with van der Waals surface area (Å²) in [5.41, 5.74) is 11.8. The molecule has 2 aliphatic rings. The highest BCUT2D eigenvalue weighted by Gasteiger charge is 2.38. The van der Waals surface area contributed by atoms with Crippen molar-refractivity contribution < 1.29 is 29.1 Å². The van der Waals surface area contributed by atoms with Gasteiger partial charge in [-0.2, -0.15) is 0 Å². The van der Waals surface area contributed by atoms with Gasteiger partial charge in [-0.05, 0) is 96.8 Å². The predicted molar refractivity (Wildman–Crippen MR) is 238 cm³/mol. The van der Waals surface area contributed by atoms with Gasteiger partial charge in [-0.1, -0.05) is 90.3 Å². The Balaban J connectivity index is 1.13. The molecule has 5 N–H and O–H groups in total. The summed E-state index contributed by atoms with van der Waals surface area (Å²) in [5.74, 6) is -1.72. The third-order valence-corrected chi connectivity index (χ3v) is 12.5. The second kappa shape index (κ2) is 20.2. The lowest BCUT2D eigenvalue weighted by Gasteiger charge is -2.39. The molecular formula is C46H51Cl3N6O6. The van der Waals surface area contributed by atoms with Crippen LogP contribution in [-0.4, -0.2) is 88.2 Å². The lowest BCUT2D eigenvalue weighted by Crippen LogP contribution is -2.58. The van der Waals surface area contributed by atoms with Crippen molar-refractivity contribution in [3.63, 3.8) is 0 Å². The molecule has 0 spiro atoms. The number of hydrogen-bond donors (Lipinski definition) is 4. The molecule has 4 aromatic carbocycles. The van der Waals surface area contributed by atoms with E-state index in [1.54, 1.807) is 85.2 Å². The van der Waals surface area contributed by atoms with Crippen LogP contribution in [0.15, 0.2) is 78.9 Å². The molecule has 1 saturated heterocycles. The van der Waals surface area contributed by atoms with E-state index in [4.69, 9.17) is 40.5 Å². The summed E-state index contributed by atoms with van der Waals surface area (Å²) in [7, 11) is 0. The summed E-state index contributed by atoms with van der Waals surface area (Å²) in [4.78, 5) is 73.8. The number of amides is 5. The van der Waals surface area contributed by atoms with Crippen LogP contribution in [0.5, 0.6) is 5.75 Å². The van der Waals surface area contributed by atoms with E-state index in [-0.39, 0.29) is 55.8 Å². The average molecular weight is 890 g/mol. The van der Waals surface area contributed by atoms with Gasteiger partial charge in [-0.15, -0.1) is 0 Å². The van der Waals surface area contributed by atoms with Crippen LogP contribution < -0.4 is 21.3 Å². The largest absolute Gasteiger partial charge is 0.507 e. The van der Waals surface area contributed by atoms with E-state index < -0.39 is 42.4 Å². The van der Waals surface area contributed by atoms with Crippen molar-refractivity contribution in [2.45, 2.75) is 90.0 Å². The van der Waals surface area contributed by atoms with Gasteiger partial charge in [0.1, 0.15) is 17.8 Å². The summed E-state index contributed by atoms with van der Waals surface area (Å²) >= 11 is 18.6. The van der Waals surface area contributed by atoms with E-state index in [9.17, 15) is 29.1 Å². The van der Waals surface area contributed by atoms with Crippen molar-refractivity contribution in [1.82, 2.24) is 20.4 Å². The molecule has 0 aromatic heterocycles. The van der Waals surface area contributed by atoms with E-state index in [0.29, 0.717) is 57.8 Å². The summed E-state index contributed by atoms with van der Waals surface area (Å²) in [6.45, 7) is 5.74. The van der Waals surface area contributed by atoms with Gasteiger partial charge in [-0.3, -0.25) is 24.0 Å².